The molecule has 0 saturated carbocycles. The summed E-state index contributed by atoms with van der Waals surface area (Å²) in [6, 6.07) is 0.821. The van der Waals surface area contributed by atoms with E-state index in [1.807, 2.05) is 13.8 Å². The Morgan fingerprint density at radius 2 is 0.936 bits per heavy atom. The van der Waals surface area contributed by atoms with Crippen molar-refractivity contribution in [2.24, 2.45) is 29.2 Å². The summed E-state index contributed by atoms with van der Waals surface area (Å²) in [5, 5.41) is 61.3. The number of aromatic hydroxyl groups is 2. The number of carbonyl (C=O) groups is 11. The summed E-state index contributed by atoms with van der Waals surface area (Å²) in [5.74, 6) is -10.7. The summed E-state index contributed by atoms with van der Waals surface area (Å²) in [6.07, 6.45) is 0.878. The van der Waals surface area contributed by atoms with Crippen molar-refractivity contribution >= 4 is 76.8 Å². The molecule has 432 valence electrons. The number of primary amides is 1. The summed E-state index contributed by atoms with van der Waals surface area (Å²) in [6.45, 7) is 7.67. The van der Waals surface area contributed by atoms with Crippen molar-refractivity contribution in [2.75, 3.05) is 31.7 Å². The van der Waals surface area contributed by atoms with Gasteiger partial charge in [0.15, 0.2) is 0 Å². The number of benzene rings is 2. The Morgan fingerprint density at radius 3 is 1.36 bits per heavy atom. The number of aliphatic hydroxyl groups is 1. The van der Waals surface area contributed by atoms with Crippen molar-refractivity contribution in [3.05, 3.63) is 59.7 Å². The molecule has 27 heteroatoms. The van der Waals surface area contributed by atoms with E-state index in [2.05, 4.69) is 47.9 Å². The van der Waals surface area contributed by atoms with E-state index in [-0.39, 0.29) is 55.4 Å². The molecule has 0 aliphatic carbocycles. The Labute approximate surface area is 456 Å². The van der Waals surface area contributed by atoms with Gasteiger partial charge in [0.2, 0.25) is 59.1 Å². The van der Waals surface area contributed by atoms with E-state index < -0.39 is 145 Å². The maximum atomic E-state index is 14.0. The van der Waals surface area contributed by atoms with E-state index in [1.54, 1.807) is 34.0 Å². The molecule has 0 fully saturated rings. The molecule has 78 heavy (non-hydrogen) atoms. The second-order valence-electron chi connectivity index (χ2n) is 19.6. The Bertz CT molecular complexity index is 2370. The van der Waals surface area contributed by atoms with Crippen LogP contribution < -0.4 is 59.3 Å². The van der Waals surface area contributed by atoms with Crippen LogP contribution in [0.2, 0.25) is 0 Å². The lowest BCUT2D eigenvalue weighted by atomic mass is 9.99. The lowest BCUT2D eigenvalue weighted by Crippen LogP contribution is -2.59. The Morgan fingerprint density at radius 1 is 0.526 bits per heavy atom. The molecule has 8 atom stereocenters. The number of carboxylic acid groups (broad SMARTS) is 1. The van der Waals surface area contributed by atoms with E-state index in [0.29, 0.717) is 16.9 Å². The topological polar surface area (TPSA) is 429 Å². The maximum absolute atomic E-state index is 14.0. The first-order valence-corrected chi connectivity index (χ1v) is 26.6. The Kier molecular flexibility index (Phi) is 28.7. The highest BCUT2D eigenvalue weighted by Crippen LogP contribution is 2.15. The number of aliphatic hydroxyl groups excluding tert-OH is 1. The number of carboxylic acids is 1. The van der Waals surface area contributed by atoms with Gasteiger partial charge in [-0.3, -0.25) is 47.9 Å². The minimum atomic E-state index is -1.68. The fourth-order valence-corrected chi connectivity index (χ4v) is 7.81. The average molecular weight is 1120 g/mol. The molecule has 0 aliphatic heterocycles. The van der Waals surface area contributed by atoms with Crippen LogP contribution in [0.5, 0.6) is 11.5 Å². The molecule has 0 unspecified atom stereocenters. The molecule has 2 aromatic carbocycles. The Hall–Kier alpha value is -7.52. The number of nitrogens with two attached hydrogens (primary N) is 2. The van der Waals surface area contributed by atoms with E-state index in [0.717, 1.165) is 0 Å². The number of rotatable bonds is 34. The van der Waals surface area contributed by atoms with Gasteiger partial charge in [0.05, 0.1) is 25.7 Å². The number of hydrogen-bond donors (Lipinski definition) is 15. The molecule has 0 saturated heterocycles. The number of phenols is 2. The van der Waals surface area contributed by atoms with Crippen molar-refractivity contribution in [3.63, 3.8) is 0 Å². The van der Waals surface area contributed by atoms with Gasteiger partial charge in [0.25, 0.3) is 0 Å². The molecular formula is C51H77N11O15S. The summed E-state index contributed by atoms with van der Waals surface area (Å²) >= 11 is 1.35. The molecule has 26 nitrogen and oxygen atoms in total. The fourth-order valence-electron chi connectivity index (χ4n) is 7.34. The van der Waals surface area contributed by atoms with Crippen LogP contribution in [0.15, 0.2) is 48.5 Å². The first kappa shape index (κ1) is 66.6. The zero-order chi connectivity index (χ0) is 58.8. The van der Waals surface area contributed by atoms with Crippen LogP contribution in [-0.2, 0) is 65.6 Å². The molecule has 0 heterocycles. The van der Waals surface area contributed by atoms with Crippen LogP contribution in [0.3, 0.4) is 0 Å². The van der Waals surface area contributed by atoms with E-state index >= 15 is 0 Å². The quantitative estimate of drug-likeness (QED) is 0.0339. The highest BCUT2D eigenvalue weighted by molar-refractivity contribution is 7.98. The first-order chi connectivity index (χ1) is 36.6. The second-order valence-corrected chi connectivity index (χ2v) is 20.6. The number of phenolic OH excluding ortho intramolecular Hbond substituents is 2. The molecule has 0 aliphatic rings. The maximum Gasteiger partial charge on any atom is 0.326 e. The smallest absolute Gasteiger partial charge is 0.326 e. The SMILES string of the molecule is CSCC[C@H](NC(=O)[C@H](Cc1ccc(O)cc1)NC(=O)[C@H](CC(C)C)NC(=O)[C@@H](N)C(C)C)C(=O)NCC(=O)N[C@@H](CO)C(=O)NCC(=O)N[C@@H](CCC(N)=O)C(=O)N[C@@H](Cc1ccc(O)cc1)C(=O)N[C@H](C(=O)O)C(C)C. The van der Waals surface area contributed by atoms with Gasteiger partial charge >= 0.3 is 5.97 Å². The lowest BCUT2D eigenvalue weighted by Gasteiger charge is -2.27. The molecule has 0 bridgehead atoms. The molecule has 10 amide bonds. The van der Waals surface area contributed by atoms with Crippen LogP contribution in [0.25, 0.3) is 0 Å². The van der Waals surface area contributed by atoms with Gasteiger partial charge in [-0.05, 0) is 84.4 Å². The number of thioether (sulfide) groups is 1. The average Bonchev–Trinajstić information content (AvgIpc) is 3.37. The predicted molar refractivity (Wildman–Crippen MR) is 286 cm³/mol. The van der Waals surface area contributed by atoms with Gasteiger partial charge in [-0.1, -0.05) is 65.8 Å². The van der Waals surface area contributed by atoms with Crippen LogP contribution in [-0.4, -0.2) is 166 Å². The van der Waals surface area contributed by atoms with Crippen LogP contribution in [0.1, 0.15) is 78.4 Å². The highest BCUT2D eigenvalue weighted by Gasteiger charge is 2.34. The van der Waals surface area contributed by atoms with Gasteiger partial charge in [-0.25, -0.2) is 4.79 Å². The zero-order valence-electron chi connectivity index (χ0n) is 44.9. The van der Waals surface area contributed by atoms with Crippen molar-refractivity contribution < 1.29 is 73.2 Å². The van der Waals surface area contributed by atoms with E-state index in [9.17, 15) is 73.2 Å². The summed E-state index contributed by atoms with van der Waals surface area (Å²) in [5.41, 5.74) is 12.3. The van der Waals surface area contributed by atoms with Crippen molar-refractivity contribution in [1.29, 1.82) is 0 Å². The summed E-state index contributed by atoms with van der Waals surface area (Å²) in [7, 11) is 0. The van der Waals surface area contributed by atoms with Crippen molar-refractivity contribution in [3.8, 4) is 11.5 Å². The summed E-state index contributed by atoms with van der Waals surface area (Å²) < 4.78 is 0. The highest BCUT2D eigenvalue weighted by atomic mass is 32.2. The third kappa shape index (κ3) is 24.2. The van der Waals surface area contributed by atoms with Crippen molar-refractivity contribution in [1.82, 2.24) is 47.9 Å². The standard InChI is InChI=1S/C51H77N11O15S/c1-26(2)20-35(61-50(75)42(53)27(3)4)47(72)60-36(21-29-8-12-31(64)13-9-29)48(73)58-34(18-19-78-7)44(69)54-24-41(68)57-38(25-63)45(70)55-23-40(67)56-33(16-17-39(52)66)46(71)59-37(22-30-10-14-32(65)15-11-30)49(74)62-43(28(5)6)51(76)77/h8-15,26-28,33-38,42-43,63-65H,16-25,53H2,1-7H3,(H2,52,66)(H,54,69)(H,55,70)(H,56,67)(H,57,68)(H,58,73)(H,59,71)(H,60,72)(H,61,75)(H,62,74)(H,76,77)/t33-,34-,35-,36-,37-,38-,42-,43-/m0/s1. The van der Waals surface area contributed by atoms with Crippen LogP contribution in [0.4, 0.5) is 0 Å². The molecule has 0 spiro atoms. The molecule has 17 N–H and O–H groups in total. The lowest BCUT2D eigenvalue weighted by molar-refractivity contribution is -0.143. The van der Waals surface area contributed by atoms with Gasteiger partial charge in [-0.15, -0.1) is 0 Å². The van der Waals surface area contributed by atoms with E-state index in [4.69, 9.17) is 11.5 Å². The molecular weight excluding hydrogens is 1040 g/mol. The number of carbonyl (C=O) groups excluding carboxylic acids is 10. The monoisotopic (exact) mass is 1120 g/mol. The van der Waals surface area contributed by atoms with Crippen LogP contribution in [0, 0.1) is 17.8 Å². The van der Waals surface area contributed by atoms with Gasteiger partial charge in [-0.2, -0.15) is 11.8 Å². The molecule has 2 aromatic rings. The normalized spacial score (nSPS) is 14.2. The zero-order valence-corrected chi connectivity index (χ0v) is 45.7. The van der Waals surface area contributed by atoms with Gasteiger partial charge in [0.1, 0.15) is 53.8 Å². The summed E-state index contributed by atoms with van der Waals surface area (Å²) in [4.78, 5) is 144. The number of amides is 10. The fraction of sp³-hybridized carbons (Fsp3) is 0.549. The number of aliphatic carboxylic acids is 1. The Balaban J connectivity index is 2.18. The molecule has 0 aromatic heterocycles. The first-order valence-electron chi connectivity index (χ1n) is 25.2. The second kappa shape index (κ2) is 33.6. The van der Waals surface area contributed by atoms with Crippen molar-refractivity contribution in [2.45, 2.75) is 128 Å². The minimum Gasteiger partial charge on any atom is -0.508 e. The molecule has 2 rings (SSSR count). The minimum absolute atomic E-state index is 0.0502. The number of nitrogens with one attached hydrogen (secondary N) is 9. The third-order valence-electron chi connectivity index (χ3n) is 11.9. The predicted octanol–water partition coefficient (Wildman–Crippen LogP) is -2.71. The van der Waals surface area contributed by atoms with Crippen LogP contribution >= 0.6 is 11.8 Å². The van der Waals surface area contributed by atoms with E-state index in [1.165, 1.54) is 60.3 Å². The molecule has 0 radical (unpaired) electrons. The number of hydrogen-bond acceptors (Lipinski definition) is 16. The third-order valence-corrected chi connectivity index (χ3v) is 12.5. The van der Waals surface area contributed by atoms with Gasteiger partial charge in [0, 0.05) is 19.3 Å². The van der Waals surface area contributed by atoms with Gasteiger partial charge < -0.3 is 79.7 Å². The largest absolute Gasteiger partial charge is 0.508 e.